The van der Waals surface area contributed by atoms with Crippen molar-refractivity contribution in [3.8, 4) is 34.1 Å². The number of nitrogens with zero attached hydrogens (tertiary/aromatic N) is 4. The molecule has 3 aromatic heterocycles. The van der Waals surface area contributed by atoms with Crippen LogP contribution in [0.5, 0.6) is 11.5 Å². The molecule has 3 heterocycles. The Bertz CT molecular complexity index is 2370. The van der Waals surface area contributed by atoms with E-state index in [4.69, 9.17) is 14.8 Å². The summed E-state index contributed by atoms with van der Waals surface area (Å²) in [7, 11) is 0. The Kier molecular flexibility index (Phi) is 10.9. The summed E-state index contributed by atoms with van der Waals surface area (Å²) < 4.78 is 11.0. The molecule has 0 spiro atoms. The van der Waals surface area contributed by atoms with Crippen LogP contribution in [0.1, 0.15) is 98.5 Å². The number of benzene rings is 4. The summed E-state index contributed by atoms with van der Waals surface area (Å²) in [6.07, 6.45) is 4.97. The van der Waals surface area contributed by atoms with Gasteiger partial charge in [-0.1, -0.05) is 82.5 Å². The summed E-state index contributed by atoms with van der Waals surface area (Å²) in [5.41, 5.74) is 14.0. The molecule has 7 rings (SSSR count). The first kappa shape index (κ1) is 37.3. The quantitative estimate of drug-likeness (QED) is 0.103. The molecule has 4 aromatic carbocycles. The van der Waals surface area contributed by atoms with E-state index in [0.717, 1.165) is 63.8 Å². The third kappa shape index (κ3) is 7.00. The van der Waals surface area contributed by atoms with Gasteiger partial charge in [0.1, 0.15) is 5.82 Å². The van der Waals surface area contributed by atoms with Crippen LogP contribution >= 0.6 is 0 Å². The minimum absolute atomic E-state index is 0. The number of para-hydroxylation sites is 1. The monoisotopic (exact) mass is 778 g/mol. The Morgan fingerprint density at radius 2 is 1.50 bits per heavy atom. The normalized spacial score (nSPS) is 11.6. The molecule has 0 aliphatic heterocycles. The first-order valence-electron chi connectivity index (χ1n) is 18.4. The van der Waals surface area contributed by atoms with Crippen molar-refractivity contribution >= 4 is 21.8 Å². The minimum Gasteiger partial charge on any atom is -0.509 e. The number of hydrogen-bond donors (Lipinski definition) is 0. The Balaban J connectivity index is 0.00000464. The predicted octanol–water partition coefficient (Wildman–Crippen LogP) is 12.2. The fourth-order valence-electron chi connectivity index (χ4n) is 7.48. The van der Waals surface area contributed by atoms with Gasteiger partial charge in [0.2, 0.25) is 0 Å². The summed E-state index contributed by atoms with van der Waals surface area (Å²) in [6.45, 7) is 19.9. The van der Waals surface area contributed by atoms with Gasteiger partial charge in [-0.25, -0.2) is 4.98 Å². The molecular weight excluding hydrogens is 731 g/mol. The van der Waals surface area contributed by atoms with Crippen LogP contribution in [-0.4, -0.2) is 19.3 Å². The van der Waals surface area contributed by atoms with Crippen LogP contribution in [0, 0.1) is 39.8 Å². The average Bonchev–Trinajstić information content (AvgIpc) is 3.62. The van der Waals surface area contributed by atoms with Gasteiger partial charge in [-0.15, -0.1) is 41.3 Å². The number of rotatable bonds is 10. The summed E-state index contributed by atoms with van der Waals surface area (Å²) in [5, 5.41) is 7.65. The number of hydrogen-bond acceptors (Lipinski definition) is 3. The van der Waals surface area contributed by atoms with Crippen LogP contribution in [0.2, 0.25) is 0 Å². The molecule has 0 aliphatic carbocycles. The van der Waals surface area contributed by atoms with Gasteiger partial charge < -0.3 is 9.30 Å². The third-order valence-electron chi connectivity index (χ3n) is 9.90. The van der Waals surface area contributed by atoms with Crippen LogP contribution in [0.15, 0.2) is 79.0 Å². The zero-order chi connectivity index (χ0) is 36.0. The van der Waals surface area contributed by atoms with Gasteiger partial charge in [0.15, 0.2) is 0 Å². The third-order valence-corrected chi connectivity index (χ3v) is 9.90. The van der Waals surface area contributed by atoms with E-state index in [-0.39, 0.29) is 32.3 Å². The van der Waals surface area contributed by atoms with E-state index in [0.29, 0.717) is 11.5 Å². The van der Waals surface area contributed by atoms with E-state index >= 15 is 0 Å². The van der Waals surface area contributed by atoms with Crippen molar-refractivity contribution in [1.29, 1.82) is 0 Å². The van der Waals surface area contributed by atoms with E-state index in [1.807, 2.05) is 18.3 Å². The Morgan fingerprint density at radius 3 is 2.19 bits per heavy atom. The molecule has 5 nitrogen and oxygen atoms in total. The van der Waals surface area contributed by atoms with Crippen LogP contribution in [0.25, 0.3) is 44.4 Å². The molecule has 268 valence electrons. The Hall–Kier alpha value is -4.50. The van der Waals surface area contributed by atoms with Gasteiger partial charge in [-0.3, -0.25) is 4.68 Å². The second-order valence-corrected chi connectivity index (χ2v) is 14.7. The second kappa shape index (κ2) is 15.2. The summed E-state index contributed by atoms with van der Waals surface area (Å²) in [6, 6.07) is 32.9. The number of pyridine rings is 1. The maximum atomic E-state index is 6.71. The van der Waals surface area contributed by atoms with E-state index in [9.17, 15) is 0 Å². The number of ether oxygens (including phenoxy) is 1. The molecule has 0 amide bonds. The SMILES string of the molecule is CCCCc1c(-c2c(C)cc(C)cc2C)c(C(C)C)nn1-c1[c-]c(Oc2[c-]c3c(cc2)c2ccccc2n3-c2cc(C)ccn2)cc(C(C)C)c1.[Pd+2]. The van der Waals surface area contributed by atoms with Crippen LogP contribution in [0.3, 0.4) is 0 Å². The van der Waals surface area contributed by atoms with E-state index in [2.05, 4.69) is 144 Å². The van der Waals surface area contributed by atoms with Crippen molar-refractivity contribution < 1.29 is 25.2 Å². The standard InChI is InChI=1S/C46H48N4O.Pd/c1-10-11-15-41-45(44-32(8)21-31(7)22-33(44)9)46(29(4)5)48-50(41)35-24-34(28(2)3)25-37(26-35)51-36-17-18-39-38-14-12-13-16-40(38)49(42(39)27-36)43-23-30(6)19-20-47-43;/h12-14,16-25,28-29H,10-11,15H2,1-9H3;/q-2;+2. The average molecular weight is 779 g/mol. The van der Waals surface area contributed by atoms with Crippen molar-refractivity contribution in [1.82, 2.24) is 19.3 Å². The summed E-state index contributed by atoms with van der Waals surface area (Å²) in [4.78, 5) is 4.75. The number of unbranched alkanes of at least 4 members (excludes halogenated alkanes) is 1. The smallest absolute Gasteiger partial charge is 0.509 e. The van der Waals surface area contributed by atoms with Gasteiger partial charge in [-0.2, -0.15) is 11.2 Å². The molecule has 6 heteroatoms. The van der Waals surface area contributed by atoms with Crippen molar-refractivity contribution in [2.75, 3.05) is 0 Å². The molecule has 0 saturated carbocycles. The fourth-order valence-corrected chi connectivity index (χ4v) is 7.48. The maximum Gasteiger partial charge on any atom is 2.00 e. The van der Waals surface area contributed by atoms with Crippen molar-refractivity contribution in [2.24, 2.45) is 0 Å². The van der Waals surface area contributed by atoms with Crippen LogP contribution in [0.4, 0.5) is 0 Å². The van der Waals surface area contributed by atoms with Gasteiger partial charge in [0.05, 0.1) is 5.69 Å². The molecule has 0 N–H and O–H groups in total. The molecule has 0 aliphatic rings. The first-order chi connectivity index (χ1) is 24.5. The summed E-state index contributed by atoms with van der Waals surface area (Å²) in [5.74, 6) is 2.67. The molecular formula is C46H48N4OPd. The van der Waals surface area contributed by atoms with Gasteiger partial charge >= 0.3 is 20.4 Å². The topological polar surface area (TPSA) is 44.9 Å². The second-order valence-electron chi connectivity index (χ2n) is 14.7. The fraction of sp³-hybridized carbons (Fsp3) is 0.304. The number of aryl methyl sites for hydroxylation is 4. The van der Waals surface area contributed by atoms with Gasteiger partial charge in [-0.05, 0) is 104 Å². The molecule has 0 saturated heterocycles. The van der Waals surface area contributed by atoms with E-state index < -0.39 is 0 Å². The molecule has 0 fully saturated rings. The molecule has 0 atom stereocenters. The molecule has 52 heavy (non-hydrogen) atoms. The van der Waals surface area contributed by atoms with Crippen molar-refractivity contribution in [3.63, 3.8) is 0 Å². The largest absolute Gasteiger partial charge is 2.00 e. The van der Waals surface area contributed by atoms with Crippen LogP contribution in [-0.2, 0) is 26.8 Å². The maximum absolute atomic E-state index is 6.71. The number of aromatic nitrogens is 4. The zero-order valence-electron chi connectivity index (χ0n) is 31.8. The minimum atomic E-state index is 0. The molecule has 0 radical (unpaired) electrons. The van der Waals surface area contributed by atoms with Crippen LogP contribution < -0.4 is 4.74 Å². The predicted molar refractivity (Wildman–Crippen MR) is 211 cm³/mol. The zero-order valence-corrected chi connectivity index (χ0v) is 33.3. The van der Waals surface area contributed by atoms with Gasteiger partial charge in [0.25, 0.3) is 0 Å². The van der Waals surface area contributed by atoms with E-state index in [1.54, 1.807) is 0 Å². The molecule has 0 bridgehead atoms. The first-order valence-corrected chi connectivity index (χ1v) is 18.4. The Morgan fingerprint density at radius 1 is 0.750 bits per heavy atom. The summed E-state index contributed by atoms with van der Waals surface area (Å²) >= 11 is 0. The Labute approximate surface area is 322 Å². The van der Waals surface area contributed by atoms with Gasteiger partial charge in [0, 0.05) is 34.5 Å². The number of fused-ring (bicyclic) bond motifs is 3. The van der Waals surface area contributed by atoms with Crippen molar-refractivity contribution in [3.05, 3.63) is 130 Å². The molecule has 0 unspecified atom stereocenters. The van der Waals surface area contributed by atoms with Crippen molar-refractivity contribution in [2.45, 2.75) is 93.4 Å². The van der Waals surface area contributed by atoms with E-state index in [1.165, 1.54) is 39.1 Å². The molecule has 7 aromatic rings.